The zero-order valence-corrected chi connectivity index (χ0v) is 19.7. The van der Waals surface area contributed by atoms with E-state index in [2.05, 4.69) is 4.90 Å². The van der Waals surface area contributed by atoms with Gasteiger partial charge in [0.05, 0.1) is 30.0 Å². The highest BCUT2D eigenvalue weighted by atomic mass is 35.5. The van der Waals surface area contributed by atoms with E-state index in [0.717, 1.165) is 6.54 Å². The standard InChI is InChI=1S/C23H26Cl2N2O5/c1-4-26(11-12-31-2)9-10-27-19-14-15(21(28)32-3)13-18(25)20(19)23(30,22(27)29)16-7-5-6-8-17(16)24/h5-8,13-14,30H,4,9-12H2,1-3H3. The van der Waals surface area contributed by atoms with Crippen molar-refractivity contribution in [1.29, 1.82) is 0 Å². The molecule has 1 N–H and O–H groups in total. The van der Waals surface area contributed by atoms with Gasteiger partial charge in [-0.1, -0.05) is 48.3 Å². The Balaban J connectivity index is 2.10. The first kappa shape index (κ1) is 24.5. The zero-order valence-electron chi connectivity index (χ0n) is 18.2. The predicted molar refractivity (Wildman–Crippen MR) is 124 cm³/mol. The first-order valence-corrected chi connectivity index (χ1v) is 11.0. The number of halogens is 2. The van der Waals surface area contributed by atoms with Gasteiger partial charge in [-0.25, -0.2) is 4.79 Å². The molecule has 7 nitrogen and oxygen atoms in total. The van der Waals surface area contributed by atoms with Gasteiger partial charge in [-0.05, 0) is 24.7 Å². The number of methoxy groups -OCH3 is 2. The van der Waals surface area contributed by atoms with Crippen molar-refractivity contribution >= 4 is 40.8 Å². The number of rotatable bonds is 9. The third kappa shape index (κ3) is 4.36. The molecule has 0 spiro atoms. The second kappa shape index (κ2) is 10.2. The van der Waals surface area contributed by atoms with Crippen LogP contribution in [0.25, 0.3) is 0 Å². The molecular formula is C23H26Cl2N2O5. The molecule has 0 aromatic heterocycles. The smallest absolute Gasteiger partial charge is 0.337 e. The molecule has 1 heterocycles. The van der Waals surface area contributed by atoms with E-state index < -0.39 is 17.5 Å². The van der Waals surface area contributed by atoms with Crippen molar-refractivity contribution in [3.8, 4) is 0 Å². The topological polar surface area (TPSA) is 79.3 Å². The highest BCUT2D eigenvalue weighted by molar-refractivity contribution is 6.35. The van der Waals surface area contributed by atoms with Gasteiger partial charge < -0.3 is 19.5 Å². The molecule has 0 fully saturated rings. The number of carbonyl (C=O) groups is 2. The summed E-state index contributed by atoms with van der Waals surface area (Å²) < 4.78 is 9.97. The van der Waals surface area contributed by atoms with E-state index in [1.807, 2.05) is 6.92 Å². The Bertz CT molecular complexity index is 1020. The van der Waals surface area contributed by atoms with Crippen LogP contribution in [-0.4, -0.2) is 68.9 Å². The van der Waals surface area contributed by atoms with Crippen LogP contribution in [0.3, 0.4) is 0 Å². The fourth-order valence-corrected chi connectivity index (χ4v) is 4.55. The predicted octanol–water partition coefficient (Wildman–Crippen LogP) is 3.33. The van der Waals surface area contributed by atoms with Crippen LogP contribution in [0.2, 0.25) is 10.0 Å². The number of hydrogen-bond acceptors (Lipinski definition) is 6. The SMILES string of the molecule is CCN(CCOC)CCN1C(=O)C(O)(c2ccccc2Cl)c2c(Cl)cc(C(=O)OC)cc21. The van der Waals surface area contributed by atoms with Crippen LogP contribution in [0.4, 0.5) is 5.69 Å². The molecule has 0 saturated heterocycles. The van der Waals surface area contributed by atoms with Crippen LogP contribution in [0.1, 0.15) is 28.4 Å². The molecule has 0 bridgehead atoms. The minimum atomic E-state index is -2.08. The van der Waals surface area contributed by atoms with Crippen LogP contribution in [0.5, 0.6) is 0 Å². The number of ether oxygens (including phenoxy) is 2. The lowest BCUT2D eigenvalue weighted by atomic mass is 9.87. The lowest BCUT2D eigenvalue weighted by molar-refractivity contribution is -0.132. The minimum absolute atomic E-state index is 0.0768. The van der Waals surface area contributed by atoms with Gasteiger partial charge in [-0.2, -0.15) is 0 Å². The molecule has 9 heteroatoms. The third-order valence-electron chi connectivity index (χ3n) is 5.66. The van der Waals surface area contributed by atoms with E-state index in [0.29, 0.717) is 25.4 Å². The van der Waals surface area contributed by atoms with E-state index in [1.54, 1.807) is 31.4 Å². The molecule has 32 heavy (non-hydrogen) atoms. The Hall–Kier alpha value is -2.16. The van der Waals surface area contributed by atoms with Crippen LogP contribution < -0.4 is 4.90 Å². The highest BCUT2D eigenvalue weighted by Crippen LogP contribution is 2.49. The van der Waals surface area contributed by atoms with Crippen molar-refractivity contribution in [2.75, 3.05) is 51.9 Å². The summed E-state index contributed by atoms with van der Waals surface area (Å²) in [4.78, 5) is 29.4. The lowest BCUT2D eigenvalue weighted by Crippen LogP contribution is -2.44. The van der Waals surface area contributed by atoms with Crippen LogP contribution in [0, 0.1) is 0 Å². The Morgan fingerprint density at radius 3 is 2.50 bits per heavy atom. The van der Waals surface area contributed by atoms with E-state index in [1.165, 1.54) is 24.1 Å². The van der Waals surface area contributed by atoms with Crippen molar-refractivity contribution in [2.24, 2.45) is 0 Å². The fourth-order valence-electron chi connectivity index (χ4n) is 3.93. The average molecular weight is 481 g/mol. The number of nitrogens with zero attached hydrogens (tertiary/aromatic N) is 2. The van der Waals surface area contributed by atoms with Gasteiger partial charge in [0.2, 0.25) is 0 Å². The molecule has 2 aromatic carbocycles. The molecule has 1 aliphatic heterocycles. The largest absolute Gasteiger partial charge is 0.465 e. The fraction of sp³-hybridized carbons (Fsp3) is 0.391. The summed E-state index contributed by atoms with van der Waals surface area (Å²) in [7, 11) is 2.90. The Kier molecular flexibility index (Phi) is 7.79. The summed E-state index contributed by atoms with van der Waals surface area (Å²) in [5, 5.41) is 12.1. The van der Waals surface area contributed by atoms with Crippen molar-refractivity contribution in [1.82, 2.24) is 4.90 Å². The molecule has 172 valence electrons. The minimum Gasteiger partial charge on any atom is -0.465 e. The number of hydrogen-bond donors (Lipinski definition) is 1. The van der Waals surface area contributed by atoms with Gasteiger partial charge in [0.15, 0.2) is 5.60 Å². The molecule has 1 unspecified atom stereocenters. The van der Waals surface area contributed by atoms with E-state index in [-0.39, 0.29) is 33.3 Å². The quantitative estimate of drug-likeness (QED) is 0.554. The Labute approximate surface area is 197 Å². The summed E-state index contributed by atoms with van der Waals surface area (Å²) in [6, 6.07) is 9.51. The molecule has 1 aliphatic rings. The van der Waals surface area contributed by atoms with E-state index in [4.69, 9.17) is 32.7 Å². The van der Waals surface area contributed by atoms with E-state index >= 15 is 0 Å². The summed E-state index contributed by atoms with van der Waals surface area (Å²) in [5.74, 6) is -1.17. The molecule has 1 atom stereocenters. The number of esters is 1. The normalized spacial score (nSPS) is 17.7. The summed E-state index contributed by atoms with van der Waals surface area (Å²) in [6.07, 6.45) is 0. The summed E-state index contributed by atoms with van der Waals surface area (Å²) in [6.45, 7) is 4.83. The first-order chi connectivity index (χ1) is 15.3. The van der Waals surface area contributed by atoms with Crippen molar-refractivity contribution in [2.45, 2.75) is 12.5 Å². The van der Waals surface area contributed by atoms with Crippen molar-refractivity contribution in [3.63, 3.8) is 0 Å². The van der Waals surface area contributed by atoms with Gasteiger partial charge in [-0.3, -0.25) is 9.69 Å². The molecule has 0 aliphatic carbocycles. The average Bonchev–Trinajstić information content (AvgIpc) is 3.01. The van der Waals surface area contributed by atoms with Gasteiger partial charge in [-0.15, -0.1) is 0 Å². The van der Waals surface area contributed by atoms with Crippen LogP contribution in [0.15, 0.2) is 36.4 Å². The number of carbonyl (C=O) groups excluding carboxylic acids is 2. The van der Waals surface area contributed by atoms with Gasteiger partial charge in [0.25, 0.3) is 5.91 Å². The van der Waals surface area contributed by atoms with Crippen LogP contribution >= 0.6 is 23.2 Å². The Morgan fingerprint density at radius 2 is 1.88 bits per heavy atom. The molecule has 0 radical (unpaired) electrons. The highest BCUT2D eigenvalue weighted by Gasteiger charge is 2.53. The number of fused-ring (bicyclic) bond motifs is 1. The molecule has 1 amide bonds. The second-order valence-corrected chi connectivity index (χ2v) is 8.23. The third-order valence-corrected chi connectivity index (χ3v) is 6.29. The lowest BCUT2D eigenvalue weighted by Gasteiger charge is -2.27. The zero-order chi connectivity index (χ0) is 23.5. The molecule has 3 rings (SSSR count). The monoisotopic (exact) mass is 480 g/mol. The van der Waals surface area contributed by atoms with Crippen LogP contribution in [-0.2, 0) is 19.9 Å². The van der Waals surface area contributed by atoms with Gasteiger partial charge >= 0.3 is 5.97 Å². The Morgan fingerprint density at radius 1 is 1.16 bits per heavy atom. The number of amides is 1. The molecule has 2 aromatic rings. The number of aliphatic hydroxyl groups is 1. The first-order valence-electron chi connectivity index (χ1n) is 10.2. The molecule has 0 saturated carbocycles. The number of benzene rings is 2. The van der Waals surface area contributed by atoms with Gasteiger partial charge in [0.1, 0.15) is 0 Å². The number of anilines is 1. The van der Waals surface area contributed by atoms with E-state index in [9.17, 15) is 14.7 Å². The number of likely N-dealkylation sites (N-methyl/N-ethyl adjacent to an activating group) is 1. The summed E-state index contributed by atoms with van der Waals surface area (Å²) >= 11 is 12.9. The maximum Gasteiger partial charge on any atom is 0.337 e. The van der Waals surface area contributed by atoms with Crippen molar-refractivity contribution in [3.05, 3.63) is 63.1 Å². The molecular weight excluding hydrogens is 455 g/mol. The maximum atomic E-state index is 13.7. The summed E-state index contributed by atoms with van der Waals surface area (Å²) in [5.41, 5.74) is -1.11. The maximum absolute atomic E-state index is 13.7. The van der Waals surface area contributed by atoms with Gasteiger partial charge in [0, 0.05) is 42.9 Å². The second-order valence-electron chi connectivity index (χ2n) is 7.42. The van der Waals surface area contributed by atoms with Crippen molar-refractivity contribution < 1.29 is 24.2 Å².